The number of carbonyl (C=O) groups is 1. The second-order valence-electron chi connectivity index (χ2n) is 5.19. The standard InChI is InChI=1S/C16H17N3O2/c1-10-2-6-15(20)14(18-10)9-17-12-4-5-13-11(8-12)3-7-16(21)19-13/h2,4-6,8,17,20H,3,7,9H2,1H3,(H,19,21). The number of aromatic nitrogens is 1. The van der Waals surface area contributed by atoms with Gasteiger partial charge < -0.3 is 15.7 Å². The number of hydrogen-bond acceptors (Lipinski definition) is 4. The minimum atomic E-state index is 0.0668. The van der Waals surface area contributed by atoms with Crippen LogP contribution in [0.4, 0.5) is 11.4 Å². The van der Waals surface area contributed by atoms with Gasteiger partial charge >= 0.3 is 0 Å². The minimum Gasteiger partial charge on any atom is -0.506 e. The molecule has 0 aliphatic carbocycles. The normalized spacial score (nSPS) is 13.5. The summed E-state index contributed by atoms with van der Waals surface area (Å²) in [5, 5.41) is 15.9. The number of benzene rings is 1. The first-order chi connectivity index (χ1) is 10.1. The monoisotopic (exact) mass is 283 g/mol. The molecule has 21 heavy (non-hydrogen) atoms. The van der Waals surface area contributed by atoms with Gasteiger partial charge in [0, 0.05) is 23.5 Å². The number of anilines is 2. The molecule has 0 radical (unpaired) electrons. The molecule has 0 unspecified atom stereocenters. The van der Waals surface area contributed by atoms with Crippen LogP contribution in [0.25, 0.3) is 0 Å². The molecule has 5 heteroatoms. The van der Waals surface area contributed by atoms with Gasteiger partial charge in [-0.05, 0) is 49.2 Å². The molecule has 3 rings (SSSR count). The Labute approximate surface area is 123 Å². The molecule has 1 aromatic carbocycles. The molecule has 1 aliphatic heterocycles. The van der Waals surface area contributed by atoms with Crippen molar-refractivity contribution in [3.8, 4) is 5.75 Å². The van der Waals surface area contributed by atoms with E-state index in [1.807, 2.05) is 25.1 Å². The van der Waals surface area contributed by atoms with Crippen LogP contribution in [0.3, 0.4) is 0 Å². The van der Waals surface area contributed by atoms with Gasteiger partial charge in [0.25, 0.3) is 0 Å². The van der Waals surface area contributed by atoms with Crippen molar-refractivity contribution in [1.29, 1.82) is 0 Å². The molecule has 5 nitrogen and oxygen atoms in total. The fourth-order valence-corrected chi connectivity index (χ4v) is 2.41. The van der Waals surface area contributed by atoms with Crippen molar-refractivity contribution in [3.63, 3.8) is 0 Å². The van der Waals surface area contributed by atoms with Crippen molar-refractivity contribution in [2.24, 2.45) is 0 Å². The Kier molecular flexibility index (Phi) is 3.48. The van der Waals surface area contributed by atoms with Crippen molar-refractivity contribution >= 4 is 17.3 Å². The van der Waals surface area contributed by atoms with Gasteiger partial charge in [-0.3, -0.25) is 9.78 Å². The number of aromatic hydroxyl groups is 1. The van der Waals surface area contributed by atoms with E-state index in [1.54, 1.807) is 12.1 Å². The number of pyridine rings is 1. The Morgan fingerprint density at radius 2 is 2.14 bits per heavy atom. The molecule has 1 aromatic heterocycles. The first-order valence-electron chi connectivity index (χ1n) is 6.94. The predicted molar refractivity (Wildman–Crippen MR) is 81.4 cm³/mol. The van der Waals surface area contributed by atoms with Gasteiger partial charge in [-0.1, -0.05) is 0 Å². The maximum absolute atomic E-state index is 11.3. The number of fused-ring (bicyclic) bond motifs is 1. The second-order valence-corrected chi connectivity index (χ2v) is 5.19. The van der Waals surface area contributed by atoms with E-state index in [9.17, 15) is 9.90 Å². The summed E-state index contributed by atoms with van der Waals surface area (Å²) < 4.78 is 0. The lowest BCUT2D eigenvalue weighted by Gasteiger charge is -2.18. The number of nitrogens with one attached hydrogen (secondary N) is 2. The molecule has 2 aromatic rings. The molecule has 0 atom stereocenters. The molecular formula is C16H17N3O2. The highest BCUT2D eigenvalue weighted by Crippen LogP contribution is 2.26. The van der Waals surface area contributed by atoms with Crippen molar-refractivity contribution in [2.75, 3.05) is 10.6 Å². The molecule has 3 N–H and O–H groups in total. The molecule has 0 spiro atoms. The van der Waals surface area contributed by atoms with Crippen LogP contribution in [0.1, 0.15) is 23.4 Å². The van der Waals surface area contributed by atoms with Gasteiger partial charge in [-0.25, -0.2) is 0 Å². The van der Waals surface area contributed by atoms with Crippen LogP contribution in [0.15, 0.2) is 30.3 Å². The summed E-state index contributed by atoms with van der Waals surface area (Å²) in [5.74, 6) is 0.260. The summed E-state index contributed by atoms with van der Waals surface area (Å²) in [4.78, 5) is 15.6. The molecule has 0 saturated carbocycles. The third-order valence-corrected chi connectivity index (χ3v) is 3.55. The third-order valence-electron chi connectivity index (χ3n) is 3.55. The molecule has 2 heterocycles. The lowest BCUT2D eigenvalue weighted by molar-refractivity contribution is -0.116. The van der Waals surface area contributed by atoms with Crippen LogP contribution in [-0.4, -0.2) is 16.0 Å². The second kappa shape index (κ2) is 5.44. The topological polar surface area (TPSA) is 74.2 Å². The van der Waals surface area contributed by atoms with Gasteiger partial charge in [0.05, 0.1) is 6.54 Å². The molecular weight excluding hydrogens is 266 g/mol. The van der Waals surface area contributed by atoms with Gasteiger partial charge in [-0.2, -0.15) is 0 Å². The Hall–Kier alpha value is -2.56. The summed E-state index contributed by atoms with van der Waals surface area (Å²) in [6.45, 7) is 2.35. The van der Waals surface area contributed by atoms with Crippen LogP contribution >= 0.6 is 0 Å². The fourth-order valence-electron chi connectivity index (χ4n) is 2.41. The highest BCUT2D eigenvalue weighted by atomic mass is 16.3. The van der Waals surface area contributed by atoms with E-state index in [2.05, 4.69) is 15.6 Å². The summed E-state index contributed by atoms with van der Waals surface area (Å²) in [5.41, 5.74) is 4.46. The third kappa shape index (κ3) is 2.97. The van der Waals surface area contributed by atoms with Crippen LogP contribution in [-0.2, 0) is 17.8 Å². The Morgan fingerprint density at radius 1 is 1.29 bits per heavy atom. The summed E-state index contributed by atoms with van der Waals surface area (Å²) in [6, 6.07) is 9.28. The van der Waals surface area contributed by atoms with E-state index in [-0.39, 0.29) is 11.7 Å². The maximum atomic E-state index is 11.3. The molecule has 0 fully saturated rings. The fraction of sp³-hybridized carbons (Fsp3) is 0.250. The minimum absolute atomic E-state index is 0.0668. The van der Waals surface area contributed by atoms with Crippen LogP contribution in [0, 0.1) is 6.92 Å². The van der Waals surface area contributed by atoms with Crippen LogP contribution in [0.5, 0.6) is 5.75 Å². The summed E-state index contributed by atoms with van der Waals surface area (Å²) in [6.07, 6.45) is 1.28. The number of aryl methyl sites for hydroxylation is 2. The van der Waals surface area contributed by atoms with E-state index < -0.39 is 0 Å². The first kappa shape index (κ1) is 13.4. The zero-order valence-electron chi connectivity index (χ0n) is 11.8. The summed E-state index contributed by atoms with van der Waals surface area (Å²) >= 11 is 0. The van der Waals surface area contributed by atoms with Crippen molar-refractivity contribution in [3.05, 3.63) is 47.3 Å². The van der Waals surface area contributed by atoms with E-state index in [4.69, 9.17) is 0 Å². The van der Waals surface area contributed by atoms with Gasteiger partial charge in [-0.15, -0.1) is 0 Å². The average Bonchev–Trinajstić information content (AvgIpc) is 2.48. The van der Waals surface area contributed by atoms with E-state index in [0.29, 0.717) is 18.7 Å². The predicted octanol–water partition coefficient (Wildman–Crippen LogP) is 2.59. The Bertz CT molecular complexity index is 698. The van der Waals surface area contributed by atoms with E-state index in [0.717, 1.165) is 29.1 Å². The zero-order chi connectivity index (χ0) is 14.8. The number of nitrogens with zero attached hydrogens (tertiary/aromatic N) is 1. The van der Waals surface area contributed by atoms with Crippen LogP contribution in [0.2, 0.25) is 0 Å². The summed E-state index contributed by atoms with van der Waals surface area (Å²) in [7, 11) is 0. The van der Waals surface area contributed by atoms with Crippen molar-refractivity contribution in [2.45, 2.75) is 26.3 Å². The Morgan fingerprint density at radius 3 is 3.00 bits per heavy atom. The Balaban J connectivity index is 1.74. The molecule has 108 valence electrons. The highest BCUT2D eigenvalue weighted by molar-refractivity contribution is 5.94. The van der Waals surface area contributed by atoms with Gasteiger partial charge in [0.1, 0.15) is 11.4 Å². The lowest BCUT2D eigenvalue weighted by Crippen LogP contribution is -2.19. The first-order valence-corrected chi connectivity index (χ1v) is 6.94. The molecule has 1 aliphatic rings. The molecule has 1 amide bonds. The number of rotatable bonds is 3. The van der Waals surface area contributed by atoms with Crippen molar-refractivity contribution < 1.29 is 9.90 Å². The van der Waals surface area contributed by atoms with Gasteiger partial charge in [0.15, 0.2) is 0 Å². The largest absolute Gasteiger partial charge is 0.506 e. The SMILES string of the molecule is Cc1ccc(O)c(CNc2ccc3c(c2)CCC(=O)N3)n1. The van der Waals surface area contributed by atoms with Crippen LogP contribution < -0.4 is 10.6 Å². The average molecular weight is 283 g/mol. The maximum Gasteiger partial charge on any atom is 0.224 e. The highest BCUT2D eigenvalue weighted by Gasteiger charge is 2.14. The molecule has 0 saturated heterocycles. The number of hydrogen-bond donors (Lipinski definition) is 3. The van der Waals surface area contributed by atoms with E-state index in [1.165, 1.54) is 0 Å². The molecule has 0 bridgehead atoms. The lowest BCUT2D eigenvalue weighted by atomic mass is 10.0. The van der Waals surface area contributed by atoms with E-state index >= 15 is 0 Å². The number of amides is 1. The number of carbonyl (C=O) groups excluding carboxylic acids is 1. The quantitative estimate of drug-likeness (QED) is 0.809. The van der Waals surface area contributed by atoms with Crippen molar-refractivity contribution in [1.82, 2.24) is 4.98 Å². The zero-order valence-corrected chi connectivity index (χ0v) is 11.8. The smallest absolute Gasteiger partial charge is 0.224 e. The van der Waals surface area contributed by atoms with Gasteiger partial charge in [0.2, 0.25) is 5.91 Å².